The molecule has 4 nitrogen and oxygen atoms in total. The second-order valence-electron chi connectivity index (χ2n) is 4.64. The van der Waals surface area contributed by atoms with Crippen molar-refractivity contribution in [3.05, 3.63) is 69.7 Å². The van der Waals surface area contributed by atoms with Gasteiger partial charge < -0.3 is 9.15 Å². The van der Waals surface area contributed by atoms with Crippen LogP contribution in [0.5, 0.6) is 0 Å². The van der Waals surface area contributed by atoms with Crippen LogP contribution in [-0.4, -0.2) is 13.1 Å². The molecule has 0 amide bonds. The van der Waals surface area contributed by atoms with Gasteiger partial charge >= 0.3 is 11.6 Å². The lowest BCUT2D eigenvalue weighted by molar-refractivity contribution is 0.0562. The Morgan fingerprint density at radius 1 is 1.09 bits per heavy atom. The molecule has 1 aromatic heterocycles. The van der Waals surface area contributed by atoms with Gasteiger partial charge in [-0.05, 0) is 23.8 Å². The standard InChI is InChI=1S/C17H11ClO4/c1-21-17(20)15-14(10-5-3-2-4-6-10)13-9-11(18)7-8-12(13)16(19)22-15/h2-9H,1H3. The van der Waals surface area contributed by atoms with E-state index in [2.05, 4.69) is 0 Å². The number of rotatable bonds is 2. The number of hydrogen-bond acceptors (Lipinski definition) is 4. The fourth-order valence-corrected chi connectivity index (χ4v) is 2.52. The first-order valence-corrected chi connectivity index (χ1v) is 6.89. The summed E-state index contributed by atoms with van der Waals surface area (Å²) >= 11 is 6.05. The molecule has 0 aliphatic rings. The Balaban J connectivity index is 2.49. The summed E-state index contributed by atoms with van der Waals surface area (Å²) in [6.45, 7) is 0. The van der Waals surface area contributed by atoms with Gasteiger partial charge in [0.25, 0.3) is 0 Å². The van der Waals surface area contributed by atoms with E-state index in [9.17, 15) is 9.59 Å². The molecule has 0 unspecified atom stereocenters. The number of fused-ring (bicyclic) bond motifs is 1. The van der Waals surface area contributed by atoms with Gasteiger partial charge in [0.15, 0.2) is 0 Å². The summed E-state index contributed by atoms with van der Waals surface area (Å²) in [6, 6.07) is 14.0. The van der Waals surface area contributed by atoms with Crippen LogP contribution in [0.2, 0.25) is 5.02 Å². The Morgan fingerprint density at radius 3 is 2.50 bits per heavy atom. The number of halogens is 1. The van der Waals surface area contributed by atoms with E-state index in [4.69, 9.17) is 20.8 Å². The molecule has 3 aromatic rings. The highest BCUT2D eigenvalue weighted by Gasteiger charge is 2.21. The molecule has 0 fully saturated rings. The Hall–Kier alpha value is -2.59. The maximum atomic E-state index is 12.1. The Bertz CT molecular complexity index is 913. The fourth-order valence-electron chi connectivity index (χ4n) is 2.35. The first-order valence-electron chi connectivity index (χ1n) is 6.52. The quantitative estimate of drug-likeness (QED) is 0.673. The Morgan fingerprint density at radius 2 is 1.82 bits per heavy atom. The zero-order valence-electron chi connectivity index (χ0n) is 11.6. The lowest BCUT2D eigenvalue weighted by atomic mass is 9.98. The van der Waals surface area contributed by atoms with E-state index in [1.807, 2.05) is 30.3 Å². The van der Waals surface area contributed by atoms with Gasteiger partial charge in [0.05, 0.1) is 12.5 Å². The van der Waals surface area contributed by atoms with Gasteiger partial charge in [-0.2, -0.15) is 0 Å². The topological polar surface area (TPSA) is 56.5 Å². The van der Waals surface area contributed by atoms with Crippen molar-refractivity contribution in [2.45, 2.75) is 0 Å². The van der Waals surface area contributed by atoms with Crippen molar-refractivity contribution in [3.8, 4) is 11.1 Å². The summed E-state index contributed by atoms with van der Waals surface area (Å²) in [6.07, 6.45) is 0. The van der Waals surface area contributed by atoms with E-state index in [1.54, 1.807) is 18.2 Å². The molecule has 22 heavy (non-hydrogen) atoms. The van der Waals surface area contributed by atoms with Crippen LogP contribution in [0.1, 0.15) is 10.6 Å². The molecule has 0 radical (unpaired) electrons. The molecule has 0 atom stereocenters. The molecule has 0 bridgehead atoms. The van der Waals surface area contributed by atoms with E-state index in [0.717, 1.165) is 5.56 Å². The molecule has 110 valence electrons. The summed E-state index contributed by atoms with van der Waals surface area (Å²) in [5.41, 5.74) is 0.621. The molecule has 3 rings (SSSR count). The molecule has 0 N–H and O–H groups in total. The zero-order chi connectivity index (χ0) is 15.7. The van der Waals surface area contributed by atoms with Gasteiger partial charge in [-0.1, -0.05) is 41.9 Å². The van der Waals surface area contributed by atoms with Crippen LogP contribution in [0.15, 0.2) is 57.7 Å². The van der Waals surface area contributed by atoms with Crippen LogP contribution < -0.4 is 5.63 Å². The molecule has 0 spiro atoms. The summed E-state index contributed by atoms with van der Waals surface area (Å²) < 4.78 is 9.92. The van der Waals surface area contributed by atoms with E-state index >= 15 is 0 Å². The minimum absolute atomic E-state index is 0.131. The fraction of sp³-hybridized carbons (Fsp3) is 0.0588. The van der Waals surface area contributed by atoms with E-state index in [1.165, 1.54) is 7.11 Å². The van der Waals surface area contributed by atoms with E-state index in [-0.39, 0.29) is 5.76 Å². The average molecular weight is 315 g/mol. The third kappa shape index (κ3) is 2.38. The molecule has 1 heterocycles. The van der Waals surface area contributed by atoms with Crippen LogP contribution in [0.3, 0.4) is 0 Å². The van der Waals surface area contributed by atoms with Crippen LogP contribution in [-0.2, 0) is 4.74 Å². The molecule has 0 aliphatic carbocycles. The van der Waals surface area contributed by atoms with Gasteiger partial charge in [-0.25, -0.2) is 9.59 Å². The molecule has 0 aliphatic heterocycles. The summed E-state index contributed by atoms with van der Waals surface area (Å²) in [5, 5.41) is 1.37. The van der Waals surface area contributed by atoms with Crippen LogP contribution >= 0.6 is 11.6 Å². The van der Waals surface area contributed by atoms with Gasteiger partial charge in [-0.15, -0.1) is 0 Å². The molecule has 0 saturated heterocycles. The van der Waals surface area contributed by atoms with Crippen LogP contribution in [0, 0.1) is 0 Å². The number of benzene rings is 2. The minimum atomic E-state index is -0.710. The van der Waals surface area contributed by atoms with Gasteiger partial charge in [0.1, 0.15) is 0 Å². The summed E-state index contributed by atoms with van der Waals surface area (Å²) in [7, 11) is 1.24. The third-order valence-electron chi connectivity index (χ3n) is 3.33. The highest BCUT2D eigenvalue weighted by molar-refractivity contribution is 6.31. The monoisotopic (exact) mass is 314 g/mol. The average Bonchev–Trinajstić information content (AvgIpc) is 2.54. The summed E-state index contributed by atoms with van der Waals surface area (Å²) in [4.78, 5) is 24.1. The Kier molecular flexibility index (Phi) is 3.69. The predicted octanol–water partition coefficient (Wildman–Crippen LogP) is 3.90. The number of methoxy groups -OCH3 is 1. The third-order valence-corrected chi connectivity index (χ3v) is 3.56. The number of ether oxygens (including phenoxy) is 1. The second-order valence-corrected chi connectivity index (χ2v) is 5.08. The highest BCUT2D eigenvalue weighted by atomic mass is 35.5. The molecule has 2 aromatic carbocycles. The number of carbonyl (C=O) groups is 1. The van der Waals surface area contributed by atoms with Gasteiger partial charge in [-0.3, -0.25) is 0 Å². The maximum absolute atomic E-state index is 12.1. The maximum Gasteiger partial charge on any atom is 0.374 e. The Labute approximate surface area is 130 Å². The number of esters is 1. The molecular formula is C17H11ClO4. The van der Waals surface area contributed by atoms with Crippen molar-refractivity contribution >= 4 is 28.3 Å². The lowest BCUT2D eigenvalue weighted by Crippen LogP contribution is -2.11. The molecule has 5 heteroatoms. The number of carbonyl (C=O) groups excluding carboxylic acids is 1. The number of hydrogen-bond donors (Lipinski definition) is 0. The van der Waals surface area contributed by atoms with Crippen molar-refractivity contribution in [2.24, 2.45) is 0 Å². The van der Waals surface area contributed by atoms with Crippen molar-refractivity contribution < 1.29 is 13.9 Å². The van der Waals surface area contributed by atoms with Gasteiger partial charge in [0.2, 0.25) is 5.76 Å². The van der Waals surface area contributed by atoms with Crippen LogP contribution in [0.4, 0.5) is 0 Å². The normalized spacial score (nSPS) is 10.6. The van der Waals surface area contributed by atoms with Crippen LogP contribution in [0.25, 0.3) is 21.9 Å². The van der Waals surface area contributed by atoms with Crippen molar-refractivity contribution in [2.75, 3.05) is 7.11 Å². The van der Waals surface area contributed by atoms with Crippen molar-refractivity contribution in [1.82, 2.24) is 0 Å². The SMILES string of the molecule is COC(=O)c1oc(=O)c2ccc(Cl)cc2c1-c1ccccc1. The van der Waals surface area contributed by atoms with E-state index < -0.39 is 11.6 Å². The molecular weight excluding hydrogens is 304 g/mol. The van der Waals surface area contributed by atoms with Gasteiger partial charge in [0, 0.05) is 16.0 Å². The van der Waals surface area contributed by atoms with Crippen molar-refractivity contribution in [3.63, 3.8) is 0 Å². The summed E-state index contributed by atoms with van der Waals surface area (Å²) in [5.74, 6) is -0.841. The van der Waals surface area contributed by atoms with E-state index in [0.29, 0.717) is 21.4 Å². The smallest absolute Gasteiger partial charge is 0.374 e. The first-order chi connectivity index (χ1) is 10.6. The predicted molar refractivity (Wildman–Crippen MR) is 84.3 cm³/mol. The minimum Gasteiger partial charge on any atom is -0.463 e. The first kappa shape index (κ1) is 14.4. The molecule has 0 saturated carbocycles. The highest BCUT2D eigenvalue weighted by Crippen LogP contribution is 2.32. The second kappa shape index (κ2) is 5.66. The largest absolute Gasteiger partial charge is 0.463 e. The van der Waals surface area contributed by atoms with Crippen molar-refractivity contribution in [1.29, 1.82) is 0 Å². The lowest BCUT2D eigenvalue weighted by Gasteiger charge is -2.10. The zero-order valence-corrected chi connectivity index (χ0v) is 12.4.